The zero-order chi connectivity index (χ0) is 18.2. The molecule has 1 aromatic rings. The van der Waals surface area contributed by atoms with Crippen LogP contribution in [-0.2, 0) is 0 Å². The van der Waals surface area contributed by atoms with E-state index in [1.54, 1.807) is 0 Å². The number of aliphatic hydroxyl groups is 1. The van der Waals surface area contributed by atoms with Crippen LogP contribution in [0, 0.1) is 5.92 Å². The lowest BCUT2D eigenvalue weighted by Crippen LogP contribution is -2.42. The minimum absolute atomic E-state index is 0. The van der Waals surface area contributed by atoms with E-state index in [1.165, 1.54) is 32.2 Å². The molecular formula is C21H35IN4O. The average Bonchev–Trinajstić information content (AvgIpc) is 3.56. The van der Waals surface area contributed by atoms with Gasteiger partial charge in [-0.3, -0.25) is 9.89 Å². The van der Waals surface area contributed by atoms with Crippen molar-refractivity contribution in [3.05, 3.63) is 35.9 Å². The van der Waals surface area contributed by atoms with E-state index in [0.29, 0.717) is 6.54 Å². The van der Waals surface area contributed by atoms with Crippen molar-refractivity contribution < 1.29 is 5.11 Å². The van der Waals surface area contributed by atoms with E-state index in [0.717, 1.165) is 43.1 Å². The Hall–Kier alpha value is -0.860. The molecule has 0 saturated heterocycles. The number of aliphatic hydroxyl groups excluding tert-OH is 1. The molecule has 1 aromatic carbocycles. The third kappa shape index (κ3) is 7.95. The van der Waals surface area contributed by atoms with Crippen LogP contribution >= 0.6 is 24.0 Å². The van der Waals surface area contributed by atoms with Gasteiger partial charge in [0.15, 0.2) is 5.96 Å². The van der Waals surface area contributed by atoms with Crippen molar-refractivity contribution in [1.29, 1.82) is 0 Å². The number of guanidine groups is 1. The van der Waals surface area contributed by atoms with Gasteiger partial charge in [-0.05, 0) is 44.1 Å². The van der Waals surface area contributed by atoms with E-state index in [4.69, 9.17) is 4.99 Å². The van der Waals surface area contributed by atoms with E-state index < -0.39 is 0 Å². The maximum Gasteiger partial charge on any atom is 0.191 e. The number of nitrogens with one attached hydrogen (secondary N) is 2. The molecule has 2 aliphatic carbocycles. The fourth-order valence-corrected chi connectivity index (χ4v) is 3.35. The van der Waals surface area contributed by atoms with Crippen molar-refractivity contribution >= 4 is 29.9 Å². The molecule has 0 radical (unpaired) electrons. The Bertz CT molecular complexity index is 561. The van der Waals surface area contributed by atoms with Gasteiger partial charge in [-0.25, -0.2) is 0 Å². The minimum Gasteiger partial charge on any atom is -0.396 e. The van der Waals surface area contributed by atoms with Crippen molar-refractivity contribution in [3.8, 4) is 0 Å². The van der Waals surface area contributed by atoms with Gasteiger partial charge in [-0.1, -0.05) is 30.3 Å². The second-order valence-electron chi connectivity index (χ2n) is 7.61. The van der Waals surface area contributed by atoms with Gasteiger partial charge >= 0.3 is 0 Å². The maximum absolute atomic E-state index is 9.71. The summed E-state index contributed by atoms with van der Waals surface area (Å²) < 4.78 is 0. The summed E-state index contributed by atoms with van der Waals surface area (Å²) in [6.07, 6.45) is 5.58. The summed E-state index contributed by atoms with van der Waals surface area (Å²) >= 11 is 0. The summed E-state index contributed by atoms with van der Waals surface area (Å²) in [5, 5.41) is 16.5. The molecule has 1 unspecified atom stereocenters. The van der Waals surface area contributed by atoms with Crippen molar-refractivity contribution in [2.24, 2.45) is 10.9 Å². The topological polar surface area (TPSA) is 59.9 Å². The van der Waals surface area contributed by atoms with Crippen LogP contribution in [0.25, 0.3) is 0 Å². The molecule has 0 aromatic heterocycles. The van der Waals surface area contributed by atoms with Crippen LogP contribution in [0.4, 0.5) is 0 Å². The minimum atomic E-state index is 0. The first-order chi connectivity index (χ1) is 12.8. The number of halogens is 1. The number of nitrogens with zero attached hydrogens (tertiary/aromatic N) is 2. The zero-order valence-corrected chi connectivity index (χ0v) is 18.8. The van der Waals surface area contributed by atoms with Gasteiger partial charge in [-0.2, -0.15) is 0 Å². The highest BCUT2D eigenvalue weighted by Crippen LogP contribution is 2.34. The summed E-state index contributed by atoms with van der Waals surface area (Å²) in [6, 6.07) is 11.0. The summed E-state index contributed by atoms with van der Waals surface area (Å²) in [4.78, 5) is 7.37. The first-order valence-corrected chi connectivity index (χ1v) is 10.2. The van der Waals surface area contributed by atoms with E-state index in [-0.39, 0.29) is 36.5 Å². The Labute approximate surface area is 181 Å². The first-order valence-electron chi connectivity index (χ1n) is 10.2. The zero-order valence-electron chi connectivity index (χ0n) is 16.4. The van der Waals surface area contributed by atoms with Crippen LogP contribution in [0.2, 0.25) is 0 Å². The fourth-order valence-electron chi connectivity index (χ4n) is 3.35. The predicted molar refractivity (Wildman–Crippen MR) is 123 cm³/mol. The van der Waals surface area contributed by atoms with Crippen molar-refractivity contribution in [1.82, 2.24) is 15.5 Å². The van der Waals surface area contributed by atoms with Gasteiger partial charge in [0, 0.05) is 38.1 Å². The van der Waals surface area contributed by atoms with E-state index in [1.807, 2.05) is 18.2 Å². The van der Waals surface area contributed by atoms with Crippen LogP contribution in [0.3, 0.4) is 0 Å². The maximum atomic E-state index is 9.71. The third-order valence-electron chi connectivity index (χ3n) is 5.25. The molecule has 3 N–H and O–H groups in total. The Morgan fingerprint density at radius 3 is 2.52 bits per heavy atom. The van der Waals surface area contributed by atoms with Gasteiger partial charge in [0.2, 0.25) is 0 Å². The second-order valence-corrected chi connectivity index (χ2v) is 7.61. The summed E-state index contributed by atoms with van der Waals surface area (Å²) in [5.74, 6) is 1.85. The van der Waals surface area contributed by atoms with Gasteiger partial charge < -0.3 is 15.7 Å². The Morgan fingerprint density at radius 1 is 1.19 bits per heavy atom. The largest absolute Gasteiger partial charge is 0.396 e. The molecule has 5 nitrogen and oxygen atoms in total. The highest BCUT2D eigenvalue weighted by Gasteiger charge is 2.33. The molecule has 152 valence electrons. The highest BCUT2D eigenvalue weighted by molar-refractivity contribution is 14.0. The van der Waals surface area contributed by atoms with Gasteiger partial charge in [0.05, 0.1) is 13.2 Å². The third-order valence-corrected chi connectivity index (χ3v) is 5.25. The molecule has 0 heterocycles. The van der Waals surface area contributed by atoms with Crippen LogP contribution in [0.1, 0.15) is 44.1 Å². The fraction of sp³-hybridized carbons (Fsp3) is 0.667. The number of hydrogen-bond acceptors (Lipinski definition) is 3. The smallest absolute Gasteiger partial charge is 0.191 e. The molecule has 6 heteroatoms. The van der Waals surface area contributed by atoms with Crippen molar-refractivity contribution in [3.63, 3.8) is 0 Å². The Morgan fingerprint density at radius 2 is 1.93 bits per heavy atom. The highest BCUT2D eigenvalue weighted by atomic mass is 127. The van der Waals surface area contributed by atoms with Gasteiger partial charge in [-0.15, -0.1) is 24.0 Å². The summed E-state index contributed by atoms with van der Waals surface area (Å²) in [7, 11) is 0. The van der Waals surface area contributed by atoms with Crippen molar-refractivity contribution in [2.75, 3.05) is 39.3 Å². The molecule has 27 heavy (non-hydrogen) atoms. The molecule has 0 bridgehead atoms. The second kappa shape index (κ2) is 11.9. The molecule has 2 fully saturated rings. The van der Waals surface area contributed by atoms with Crippen LogP contribution in [0.5, 0.6) is 0 Å². The lowest BCUT2D eigenvalue weighted by Gasteiger charge is -2.22. The monoisotopic (exact) mass is 486 g/mol. The normalized spacial score (nSPS) is 18.1. The molecule has 3 rings (SSSR count). The van der Waals surface area contributed by atoms with Gasteiger partial charge in [0.1, 0.15) is 0 Å². The molecule has 2 aliphatic rings. The molecule has 2 saturated carbocycles. The molecule has 0 aliphatic heterocycles. The van der Waals surface area contributed by atoms with E-state index >= 15 is 0 Å². The summed E-state index contributed by atoms with van der Waals surface area (Å²) in [5.41, 5.74) is 1.14. The number of rotatable bonds is 11. The SMILES string of the molecule is CCNC(=NCC(CO)c1ccccc1)NCCN(CC1CC1)C1CC1.I. The van der Waals surface area contributed by atoms with Crippen molar-refractivity contribution in [2.45, 2.75) is 44.6 Å². The number of aliphatic imine (C=N–C) groups is 1. The molecular weight excluding hydrogens is 451 g/mol. The summed E-state index contributed by atoms with van der Waals surface area (Å²) in [6.45, 7) is 6.92. The lowest BCUT2D eigenvalue weighted by molar-refractivity contribution is 0.256. The van der Waals surface area contributed by atoms with Crippen LogP contribution in [0.15, 0.2) is 35.3 Å². The quantitative estimate of drug-likeness (QED) is 0.256. The van der Waals surface area contributed by atoms with Crippen LogP contribution in [-0.4, -0.2) is 61.3 Å². The first kappa shape index (κ1) is 22.4. The standard InChI is InChI=1S/C21H34N4O.HI/c1-2-22-21(24-14-19(16-26)18-6-4-3-5-7-18)23-12-13-25(20-10-11-20)15-17-8-9-17;/h3-7,17,19-20,26H,2,8-16H2,1H3,(H2,22,23,24);1H. The van der Waals surface area contributed by atoms with E-state index in [9.17, 15) is 5.11 Å². The molecule has 0 spiro atoms. The molecule has 0 amide bonds. The lowest BCUT2D eigenvalue weighted by atomic mass is 10.0. The molecule has 1 atom stereocenters. The average molecular weight is 486 g/mol. The number of benzene rings is 1. The van der Waals surface area contributed by atoms with E-state index in [2.05, 4.69) is 34.6 Å². The Balaban J connectivity index is 0.00000261. The Kier molecular flexibility index (Phi) is 9.86. The number of hydrogen-bond donors (Lipinski definition) is 3. The van der Waals surface area contributed by atoms with Gasteiger partial charge in [0.25, 0.3) is 0 Å². The predicted octanol–water partition coefficient (Wildman–Crippen LogP) is 2.81. The van der Waals surface area contributed by atoms with Crippen LogP contribution < -0.4 is 10.6 Å².